The molecule has 134 valence electrons. The van der Waals surface area contributed by atoms with Gasteiger partial charge in [-0.25, -0.2) is 9.38 Å². The van der Waals surface area contributed by atoms with Gasteiger partial charge in [0.2, 0.25) is 11.9 Å². The van der Waals surface area contributed by atoms with Gasteiger partial charge in [0.25, 0.3) is 0 Å². The number of carbonyl (C=O) groups is 2. The number of esters is 1. The number of halogens is 1. The van der Waals surface area contributed by atoms with Crippen LogP contribution in [0.2, 0.25) is 0 Å². The monoisotopic (exact) mass is 349 g/mol. The van der Waals surface area contributed by atoms with E-state index < -0.39 is 29.7 Å². The molecule has 0 saturated carbocycles. The van der Waals surface area contributed by atoms with Gasteiger partial charge in [0.05, 0.1) is 19.8 Å². The number of aliphatic imine (C=N–C) groups is 1. The Kier molecular flexibility index (Phi) is 5.28. The van der Waals surface area contributed by atoms with Gasteiger partial charge in [-0.05, 0) is 24.6 Å². The maximum atomic E-state index is 13.2. The van der Waals surface area contributed by atoms with Crippen LogP contribution in [-0.2, 0) is 19.1 Å². The molecule has 0 spiro atoms. The fraction of sp³-hybridized carbons (Fsp3) is 0.471. The summed E-state index contributed by atoms with van der Waals surface area (Å²) in [5.74, 6) is -2.20. The molecule has 1 aromatic carbocycles. The summed E-state index contributed by atoms with van der Waals surface area (Å²) in [7, 11) is 0. The van der Waals surface area contributed by atoms with Crippen LogP contribution in [0.25, 0.3) is 0 Å². The molecule has 1 N–H and O–H groups in total. The maximum Gasteiger partial charge on any atom is 0.321 e. The van der Waals surface area contributed by atoms with E-state index in [0.717, 1.165) is 0 Å². The summed E-state index contributed by atoms with van der Waals surface area (Å²) >= 11 is 0. The van der Waals surface area contributed by atoms with Gasteiger partial charge in [-0.2, -0.15) is 0 Å². The van der Waals surface area contributed by atoms with E-state index in [1.807, 2.05) is 4.90 Å². The molecule has 7 nitrogen and oxygen atoms in total. The van der Waals surface area contributed by atoms with Crippen molar-refractivity contribution in [2.75, 3.05) is 32.9 Å². The van der Waals surface area contributed by atoms with Crippen molar-refractivity contribution in [2.24, 2.45) is 10.9 Å². The summed E-state index contributed by atoms with van der Waals surface area (Å²) in [4.78, 5) is 31.3. The summed E-state index contributed by atoms with van der Waals surface area (Å²) in [5, 5.41) is 2.69. The lowest BCUT2D eigenvalue weighted by Gasteiger charge is -2.35. The van der Waals surface area contributed by atoms with Crippen LogP contribution in [0.5, 0.6) is 0 Å². The van der Waals surface area contributed by atoms with Crippen LogP contribution in [0.1, 0.15) is 18.5 Å². The van der Waals surface area contributed by atoms with E-state index in [1.54, 1.807) is 6.92 Å². The van der Waals surface area contributed by atoms with Gasteiger partial charge in [-0.1, -0.05) is 12.1 Å². The number of ether oxygens (including phenoxy) is 2. The zero-order valence-electron chi connectivity index (χ0n) is 13.9. The van der Waals surface area contributed by atoms with E-state index in [1.165, 1.54) is 24.3 Å². The van der Waals surface area contributed by atoms with Gasteiger partial charge >= 0.3 is 5.97 Å². The molecule has 2 aliphatic heterocycles. The van der Waals surface area contributed by atoms with Gasteiger partial charge < -0.3 is 14.4 Å². The van der Waals surface area contributed by atoms with E-state index in [-0.39, 0.29) is 6.61 Å². The number of nitrogens with one attached hydrogen (secondary N) is 1. The maximum absolute atomic E-state index is 13.2. The molecule has 0 radical (unpaired) electrons. The summed E-state index contributed by atoms with van der Waals surface area (Å²) in [6.45, 7) is 4.11. The number of hydrogen-bond donors (Lipinski definition) is 1. The first-order chi connectivity index (χ1) is 12.1. The van der Waals surface area contributed by atoms with Crippen LogP contribution in [-0.4, -0.2) is 55.6 Å². The van der Waals surface area contributed by atoms with Gasteiger partial charge in [0.15, 0.2) is 5.92 Å². The van der Waals surface area contributed by atoms with Crippen LogP contribution < -0.4 is 5.32 Å². The van der Waals surface area contributed by atoms with Crippen molar-refractivity contribution in [3.8, 4) is 0 Å². The first-order valence-corrected chi connectivity index (χ1v) is 8.23. The molecular weight excluding hydrogens is 329 g/mol. The SMILES string of the molecule is CCOC(=O)[C@H]1C(=O)NC(N2CCOCC2)=N[C@H]1c1ccc(F)cc1. The Morgan fingerprint density at radius 2 is 2.04 bits per heavy atom. The van der Waals surface area contributed by atoms with Gasteiger partial charge in [-0.15, -0.1) is 0 Å². The molecule has 1 saturated heterocycles. The topological polar surface area (TPSA) is 80.2 Å². The number of guanidine groups is 1. The first-order valence-electron chi connectivity index (χ1n) is 8.23. The fourth-order valence-electron chi connectivity index (χ4n) is 2.90. The quantitative estimate of drug-likeness (QED) is 0.647. The Morgan fingerprint density at radius 1 is 1.36 bits per heavy atom. The zero-order chi connectivity index (χ0) is 17.8. The molecule has 1 aromatic rings. The molecule has 0 bridgehead atoms. The fourth-order valence-corrected chi connectivity index (χ4v) is 2.90. The van der Waals surface area contributed by atoms with Crippen molar-refractivity contribution in [1.82, 2.24) is 10.2 Å². The lowest BCUT2D eigenvalue weighted by molar-refractivity contribution is -0.153. The molecule has 2 heterocycles. The number of amides is 1. The Bertz CT molecular complexity index is 671. The zero-order valence-corrected chi connectivity index (χ0v) is 13.9. The number of hydrogen-bond acceptors (Lipinski definition) is 6. The van der Waals surface area contributed by atoms with Crippen LogP contribution in [0.4, 0.5) is 4.39 Å². The molecule has 3 rings (SSSR count). The second-order valence-corrected chi connectivity index (χ2v) is 5.77. The van der Waals surface area contributed by atoms with Crippen LogP contribution in [0.3, 0.4) is 0 Å². The minimum atomic E-state index is -1.10. The predicted octanol–water partition coefficient (Wildman–Crippen LogP) is 0.864. The van der Waals surface area contributed by atoms with Crippen molar-refractivity contribution in [3.63, 3.8) is 0 Å². The highest BCUT2D eigenvalue weighted by molar-refractivity contribution is 6.08. The first kappa shape index (κ1) is 17.3. The minimum Gasteiger partial charge on any atom is -0.465 e. The summed E-state index contributed by atoms with van der Waals surface area (Å²) < 4.78 is 23.6. The highest BCUT2D eigenvalue weighted by Crippen LogP contribution is 2.31. The van der Waals surface area contributed by atoms with Crippen molar-refractivity contribution < 1.29 is 23.5 Å². The average Bonchev–Trinajstić information content (AvgIpc) is 2.62. The van der Waals surface area contributed by atoms with Gasteiger partial charge in [-0.3, -0.25) is 14.9 Å². The number of carbonyl (C=O) groups excluding carboxylic acids is 2. The largest absolute Gasteiger partial charge is 0.465 e. The molecule has 0 aliphatic carbocycles. The number of morpholine rings is 1. The number of rotatable bonds is 3. The van der Waals surface area contributed by atoms with E-state index in [4.69, 9.17) is 9.47 Å². The van der Waals surface area contributed by atoms with Crippen molar-refractivity contribution in [1.29, 1.82) is 0 Å². The molecule has 8 heteroatoms. The third-order valence-corrected chi connectivity index (χ3v) is 4.16. The van der Waals surface area contributed by atoms with Gasteiger partial charge in [0, 0.05) is 13.1 Å². The smallest absolute Gasteiger partial charge is 0.321 e. The molecule has 0 aromatic heterocycles. The lowest BCUT2D eigenvalue weighted by Crippen LogP contribution is -2.55. The van der Waals surface area contributed by atoms with Crippen LogP contribution in [0, 0.1) is 11.7 Å². The third kappa shape index (κ3) is 3.79. The Balaban J connectivity index is 1.95. The van der Waals surface area contributed by atoms with Crippen molar-refractivity contribution in [2.45, 2.75) is 13.0 Å². The lowest BCUT2D eigenvalue weighted by atomic mass is 9.91. The molecule has 2 aliphatic rings. The van der Waals surface area contributed by atoms with Crippen LogP contribution in [0.15, 0.2) is 29.3 Å². The highest BCUT2D eigenvalue weighted by atomic mass is 19.1. The minimum absolute atomic E-state index is 0.165. The van der Waals surface area contributed by atoms with E-state index in [0.29, 0.717) is 37.8 Å². The summed E-state index contributed by atoms with van der Waals surface area (Å²) in [6, 6.07) is 4.88. The summed E-state index contributed by atoms with van der Waals surface area (Å²) in [5.41, 5.74) is 0.583. The number of benzene rings is 1. The van der Waals surface area contributed by atoms with Crippen molar-refractivity contribution in [3.05, 3.63) is 35.6 Å². The van der Waals surface area contributed by atoms with E-state index in [2.05, 4.69) is 10.3 Å². The average molecular weight is 349 g/mol. The molecular formula is C17H20FN3O4. The standard InChI is InChI=1S/C17H20FN3O4/c1-2-25-16(23)13-14(11-3-5-12(18)6-4-11)19-17(20-15(13)22)21-7-9-24-10-8-21/h3-6,13-14H,2,7-10H2,1H3,(H,19,20,22)/t13-,14+/m1/s1. The Labute approximate surface area is 144 Å². The highest BCUT2D eigenvalue weighted by Gasteiger charge is 2.42. The summed E-state index contributed by atoms with van der Waals surface area (Å²) in [6.07, 6.45) is 0. The normalized spacial score (nSPS) is 23.7. The van der Waals surface area contributed by atoms with E-state index in [9.17, 15) is 14.0 Å². The second kappa shape index (κ2) is 7.60. The molecule has 0 unspecified atom stereocenters. The Hall–Kier alpha value is -2.48. The van der Waals surface area contributed by atoms with E-state index >= 15 is 0 Å². The van der Waals surface area contributed by atoms with Crippen LogP contribution >= 0.6 is 0 Å². The third-order valence-electron chi connectivity index (χ3n) is 4.16. The molecule has 2 atom stereocenters. The number of nitrogens with zero attached hydrogens (tertiary/aromatic N) is 2. The molecule has 1 fully saturated rings. The van der Waals surface area contributed by atoms with Crippen molar-refractivity contribution >= 4 is 17.8 Å². The molecule has 25 heavy (non-hydrogen) atoms. The van der Waals surface area contributed by atoms with Gasteiger partial charge in [0.1, 0.15) is 11.9 Å². The molecule has 1 amide bonds. The predicted molar refractivity (Wildman–Crippen MR) is 87.2 cm³/mol. The Morgan fingerprint density at radius 3 is 2.68 bits per heavy atom. The second-order valence-electron chi connectivity index (χ2n) is 5.77.